The van der Waals surface area contributed by atoms with Gasteiger partial charge in [-0.15, -0.1) is 11.3 Å². The lowest BCUT2D eigenvalue weighted by Gasteiger charge is -2.33. The average Bonchev–Trinajstić information content (AvgIpc) is 3.04. The lowest BCUT2D eigenvalue weighted by Crippen LogP contribution is -2.48. The number of anilines is 1. The molecule has 1 aromatic carbocycles. The van der Waals surface area contributed by atoms with E-state index in [1.165, 1.54) is 22.5 Å². The summed E-state index contributed by atoms with van der Waals surface area (Å²) in [5.41, 5.74) is 0. The number of piperazine rings is 1. The lowest BCUT2D eigenvalue weighted by molar-refractivity contribution is 0.385. The summed E-state index contributed by atoms with van der Waals surface area (Å²) in [6.45, 7) is 2.08. The second-order valence-corrected chi connectivity index (χ2v) is 8.41. The monoisotopic (exact) mass is 377 g/mol. The van der Waals surface area contributed by atoms with Crippen LogP contribution in [0.25, 0.3) is 0 Å². The molecule has 118 valence electrons. The average molecular weight is 378 g/mol. The molecule has 5 nitrogen and oxygen atoms in total. The van der Waals surface area contributed by atoms with E-state index in [-0.39, 0.29) is 9.92 Å². The molecule has 0 aliphatic carbocycles. The van der Waals surface area contributed by atoms with Crippen LogP contribution >= 0.6 is 34.5 Å². The molecular weight excluding hydrogens is 365 g/mol. The normalized spacial score (nSPS) is 16.9. The minimum Gasteiger partial charge on any atom is -0.345 e. The minimum atomic E-state index is -3.55. The maximum Gasteiger partial charge on any atom is 0.243 e. The number of halogens is 2. The molecule has 1 aliphatic rings. The van der Waals surface area contributed by atoms with Crippen LogP contribution in [0.5, 0.6) is 0 Å². The topological polar surface area (TPSA) is 53.5 Å². The van der Waals surface area contributed by atoms with Gasteiger partial charge in [-0.2, -0.15) is 4.31 Å². The Bertz CT molecular complexity index is 758. The summed E-state index contributed by atoms with van der Waals surface area (Å²) in [6, 6.07) is 4.38. The van der Waals surface area contributed by atoms with Crippen LogP contribution in [0.1, 0.15) is 0 Å². The van der Waals surface area contributed by atoms with Crippen LogP contribution in [0.4, 0.5) is 5.13 Å². The molecule has 1 aromatic heterocycles. The quantitative estimate of drug-likeness (QED) is 0.824. The fourth-order valence-corrected chi connectivity index (χ4v) is 4.79. The van der Waals surface area contributed by atoms with Gasteiger partial charge in [0.2, 0.25) is 10.0 Å². The summed E-state index contributed by atoms with van der Waals surface area (Å²) in [6.07, 6.45) is 1.75. The van der Waals surface area contributed by atoms with Crippen molar-refractivity contribution in [3.05, 3.63) is 39.8 Å². The predicted octanol–water partition coefficient (Wildman–Crippen LogP) is 2.96. The fraction of sp³-hybridized carbons (Fsp3) is 0.308. The summed E-state index contributed by atoms with van der Waals surface area (Å²) in [7, 11) is -3.55. The molecule has 0 spiro atoms. The maximum atomic E-state index is 12.6. The SMILES string of the molecule is O=S(=O)(c1ccc(Cl)c(Cl)c1)N1CCN(c2nccs2)CC1. The van der Waals surface area contributed by atoms with Crippen molar-refractivity contribution < 1.29 is 8.42 Å². The predicted molar refractivity (Wildman–Crippen MR) is 89.5 cm³/mol. The first kappa shape index (κ1) is 16.0. The molecular formula is C13H13Cl2N3O2S2. The van der Waals surface area contributed by atoms with Gasteiger partial charge in [-0.1, -0.05) is 23.2 Å². The summed E-state index contributed by atoms with van der Waals surface area (Å²) < 4.78 is 26.7. The van der Waals surface area contributed by atoms with Gasteiger partial charge in [0.25, 0.3) is 0 Å². The first-order valence-electron chi connectivity index (χ1n) is 6.58. The molecule has 2 aromatic rings. The van der Waals surface area contributed by atoms with E-state index in [0.717, 1.165) is 5.13 Å². The maximum absolute atomic E-state index is 12.6. The number of nitrogens with zero attached hydrogens (tertiary/aromatic N) is 3. The van der Waals surface area contributed by atoms with E-state index < -0.39 is 10.0 Å². The highest BCUT2D eigenvalue weighted by molar-refractivity contribution is 7.89. The van der Waals surface area contributed by atoms with Crippen molar-refractivity contribution in [2.24, 2.45) is 0 Å². The zero-order valence-electron chi connectivity index (χ0n) is 11.4. The summed E-state index contributed by atoms with van der Waals surface area (Å²) in [4.78, 5) is 6.51. The highest BCUT2D eigenvalue weighted by Crippen LogP contribution is 2.27. The molecule has 1 saturated heterocycles. The van der Waals surface area contributed by atoms with Crippen LogP contribution in [-0.2, 0) is 10.0 Å². The summed E-state index contributed by atoms with van der Waals surface area (Å²) in [5.74, 6) is 0. The molecule has 1 fully saturated rings. The summed E-state index contributed by atoms with van der Waals surface area (Å²) >= 11 is 13.3. The van der Waals surface area contributed by atoms with E-state index in [2.05, 4.69) is 9.88 Å². The molecule has 0 saturated carbocycles. The molecule has 0 N–H and O–H groups in total. The summed E-state index contributed by atoms with van der Waals surface area (Å²) in [5, 5.41) is 3.42. The number of aromatic nitrogens is 1. The van der Waals surface area contributed by atoms with Crippen LogP contribution in [0.15, 0.2) is 34.7 Å². The van der Waals surface area contributed by atoms with Crippen LogP contribution < -0.4 is 4.90 Å². The van der Waals surface area contributed by atoms with E-state index in [9.17, 15) is 8.42 Å². The van der Waals surface area contributed by atoms with Crippen molar-refractivity contribution in [1.29, 1.82) is 0 Å². The van der Waals surface area contributed by atoms with E-state index in [0.29, 0.717) is 31.2 Å². The Labute approximate surface area is 143 Å². The van der Waals surface area contributed by atoms with Gasteiger partial charge in [-0.05, 0) is 18.2 Å². The fourth-order valence-electron chi connectivity index (χ4n) is 2.28. The van der Waals surface area contributed by atoms with E-state index in [1.54, 1.807) is 17.5 Å². The van der Waals surface area contributed by atoms with Gasteiger partial charge in [0.15, 0.2) is 5.13 Å². The molecule has 3 rings (SSSR count). The van der Waals surface area contributed by atoms with Crippen molar-refractivity contribution >= 4 is 49.7 Å². The van der Waals surface area contributed by atoms with Crippen molar-refractivity contribution in [3.63, 3.8) is 0 Å². The largest absolute Gasteiger partial charge is 0.345 e. The minimum absolute atomic E-state index is 0.171. The molecule has 1 aliphatic heterocycles. The first-order chi connectivity index (χ1) is 10.5. The molecule has 2 heterocycles. The Balaban J connectivity index is 1.75. The third kappa shape index (κ3) is 3.09. The number of benzene rings is 1. The highest BCUT2D eigenvalue weighted by Gasteiger charge is 2.29. The third-order valence-corrected chi connectivity index (χ3v) is 6.92. The highest BCUT2D eigenvalue weighted by atomic mass is 35.5. The van der Waals surface area contributed by atoms with Crippen LogP contribution in [0, 0.1) is 0 Å². The smallest absolute Gasteiger partial charge is 0.243 e. The van der Waals surface area contributed by atoms with Gasteiger partial charge in [0.1, 0.15) is 0 Å². The van der Waals surface area contributed by atoms with Crippen molar-refractivity contribution in [3.8, 4) is 0 Å². The number of sulfonamides is 1. The van der Waals surface area contributed by atoms with Gasteiger partial charge < -0.3 is 4.90 Å². The third-order valence-electron chi connectivity index (χ3n) is 3.46. The Hall–Kier alpha value is -0.860. The molecule has 9 heteroatoms. The van der Waals surface area contributed by atoms with E-state index in [1.807, 2.05) is 5.38 Å². The van der Waals surface area contributed by atoms with Crippen molar-refractivity contribution in [1.82, 2.24) is 9.29 Å². The first-order valence-corrected chi connectivity index (χ1v) is 9.66. The molecule has 22 heavy (non-hydrogen) atoms. The zero-order chi connectivity index (χ0) is 15.7. The molecule has 0 amide bonds. The van der Waals surface area contributed by atoms with Gasteiger partial charge in [-0.25, -0.2) is 13.4 Å². The Morgan fingerprint density at radius 1 is 1.09 bits per heavy atom. The van der Waals surface area contributed by atoms with Crippen molar-refractivity contribution in [2.75, 3.05) is 31.1 Å². The Morgan fingerprint density at radius 3 is 2.41 bits per heavy atom. The van der Waals surface area contributed by atoms with Gasteiger partial charge in [0.05, 0.1) is 14.9 Å². The van der Waals surface area contributed by atoms with E-state index in [4.69, 9.17) is 23.2 Å². The number of hydrogen-bond donors (Lipinski definition) is 0. The number of hydrogen-bond acceptors (Lipinski definition) is 5. The standard InChI is InChI=1S/C13H13Cl2N3O2S2/c14-11-2-1-10(9-12(11)15)22(19,20)18-6-4-17(5-7-18)13-16-3-8-21-13/h1-3,8-9H,4-7H2. The van der Waals surface area contributed by atoms with Crippen LogP contribution in [0.2, 0.25) is 10.0 Å². The second kappa shape index (κ2) is 6.33. The lowest BCUT2D eigenvalue weighted by atomic mass is 10.4. The Morgan fingerprint density at radius 2 is 1.82 bits per heavy atom. The molecule has 0 unspecified atom stereocenters. The molecule has 0 bridgehead atoms. The van der Waals surface area contributed by atoms with E-state index >= 15 is 0 Å². The number of rotatable bonds is 3. The molecule has 0 atom stereocenters. The van der Waals surface area contributed by atoms with Crippen LogP contribution in [0.3, 0.4) is 0 Å². The van der Waals surface area contributed by atoms with Gasteiger partial charge >= 0.3 is 0 Å². The second-order valence-electron chi connectivity index (χ2n) is 4.78. The number of thiazole rings is 1. The van der Waals surface area contributed by atoms with Crippen molar-refractivity contribution in [2.45, 2.75) is 4.90 Å². The Kier molecular flexibility index (Phi) is 4.61. The van der Waals surface area contributed by atoms with Gasteiger partial charge in [-0.3, -0.25) is 0 Å². The van der Waals surface area contributed by atoms with Crippen LogP contribution in [-0.4, -0.2) is 43.9 Å². The van der Waals surface area contributed by atoms with Gasteiger partial charge in [0, 0.05) is 37.8 Å². The molecule has 0 radical (unpaired) electrons. The zero-order valence-corrected chi connectivity index (χ0v) is 14.6.